The number of methoxy groups -OCH3 is 1. The normalized spacial score (nSPS) is 11.5. The predicted molar refractivity (Wildman–Crippen MR) is 123 cm³/mol. The van der Waals surface area contributed by atoms with Crippen molar-refractivity contribution in [3.63, 3.8) is 0 Å². The molecule has 0 radical (unpaired) electrons. The number of fused-ring (bicyclic) bond motifs is 3. The zero-order valence-electron chi connectivity index (χ0n) is 16.5. The third-order valence-corrected chi connectivity index (χ3v) is 5.80. The number of nitrogens with zero attached hydrogens (tertiary/aromatic N) is 6. The standard InChI is InChI=1S/C21H17IN6O2/c1-26-11-12(8-25-26)14-6-15-16(7-18(14)30-3)23-10-17-20(15)28(21(29)27(17)2)19-5-4-13(22)9-24-19/h4-11H,1-3H3. The van der Waals surface area contributed by atoms with Gasteiger partial charge in [0.25, 0.3) is 0 Å². The van der Waals surface area contributed by atoms with E-state index < -0.39 is 0 Å². The summed E-state index contributed by atoms with van der Waals surface area (Å²) in [5.41, 5.74) is 3.85. The van der Waals surface area contributed by atoms with Gasteiger partial charge in [-0.15, -0.1) is 0 Å². The van der Waals surface area contributed by atoms with Crippen molar-refractivity contribution in [1.82, 2.24) is 28.9 Å². The van der Waals surface area contributed by atoms with Crippen molar-refractivity contribution in [3.8, 4) is 22.7 Å². The molecule has 5 aromatic rings. The summed E-state index contributed by atoms with van der Waals surface area (Å²) >= 11 is 2.20. The zero-order valence-corrected chi connectivity index (χ0v) is 18.7. The largest absolute Gasteiger partial charge is 0.496 e. The van der Waals surface area contributed by atoms with Gasteiger partial charge in [-0.25, -0.2) is 14.3 Å². The van der Waals surface area contributed by atoms with E-state index in [-0.39, 0.29) is 5.69 Å². The lowest BCUT2D eigenvalue weighted by Gasteiger charge is -2.11. The molecular weight excluding hydrogens is 495 g/mol. The van der Waals surface area contributed by atoms with Gasteiger partial charge in [0.2, 0.25) is 0 Å². The molecule has 1 aromatic carbocycles. The minimum atomic E-state index is -0.174. The highest BCUT2D eigenvalue weighted by atomic mass is 127. The third-order valence-electron chi connectivity index (χ3n) is 5.16. The molecule has 0 aliphatic rings. The van der Waals surface area contributed by atoms with Crippen molar-refractivity contribution in [2.45, 2.75) is 0 Å². The second-order valence-electron chi connectivity index (χ2n) is 6.98. The molecule has 0 saturated heterocycles. The van der Waals surface area contributed by atoms with Crippen LogP contribution in [-0.2, 0) is 14.1 Å². The van der Waals surface area contributed by atoms with Gasteiger partial charge < -0.3 is 4.74 Å². The molecule has 9 heteroatoms. The molecule has 0 aliphatic heterocycles. The van der Waals surface area contributed by atoms with Gasteiger partial charge in [0.1, 0.15) is 11.6 Å². The Labute approximate surface area is 184 Å². The van der Waals surface area contributed by atoms with Crippen LogP contribution in [-0.4, -0.2) is 36.0 Å². The molecule has 0 bridgehead atoms. The Bertz CT molecular complexity index is 1480. The number of pyridine rings is 2. The van der Waals surface area contributed by atoms with Crippen LogP contribution in [0.5, 0.6) is 5.75 Å². The first kappa shape index (κ1) is 18.8. The van der Waals surface area contributed by atoms with Crippen molar-refractivity contribution in [2.75, 3.05) is 7.11 Å². The number of hydrogen-bond acceptors (Lipinski definition) is 5. The minimum Gasteiger partial charge on any atom is -0.496 e. The maximum Gasteiger partial charge on any atom is 0.334 e. The summed E-state index contributed by atoms with van der Waals surface area (Å²) < 4.78 is 11.6. The Morgan fingerprint density at radius 3 is 2.57 bits per heavy atom. The maximum atomic E-state index is 13.1. The molecule has 8 nitrogen and oxygen atoms in total. The lowest BCUT2D eigenvalue weighted by Crippen LogP contribution is -2.21. The molecule has 0 unspecified atom stereocenters. The summed E-state index contributed by atoms with van der Waals surface area (Å²) in [7, 11) is 5.24. The smallest absolute Gasteiger partial charge is 0.334 e. The van der Waals surface area contributed by atoms with E-state index in [0.717, 1.165) is 36.6 Å². The highest BCUT2D eigenvalue weighted by Crippen LogP contribution is 2.36. The fourth-order valence-electron chi connectivity index (χ4n) is 3.69. The Morgan fingerprint density at radius 1 is 1.07 bits per heavy atom. The summed E-state index contributed by atoms with van der Waals surface area (Å²) in [5, 5.41) is 5.12. The van der Waals surface area contributed by atoms with E-state index in [2.05, 4.69) is 37.7 Å². The van der Waals surface area contributed by atoms with E-state index in [0.29, 0.717) is 11.6 Å². The van der Waals surface area contributed by atoms with Crippen LogP contribution in [0.1, 0.15) is 0 Å². The lowest BCUT2D eigenvalue weighted by molar-refractivity contribution is 0.417. The molecule has 4 heterocycles. The number of ether oxygens (including phenoxy) is 1. The first-order valence-corrected chi connectivity index (χ1v) is 10.2. The van der Waals surface area contributed by atoms with E-state index in [1.165, 1.54) is 0 Å². The average Bonchev–Trinajstić information content (AvgIpc) is 3.29. The van der Waals surface area contributed by atoms with Crippen molar-refractivity contribution in [3.05, 3.63) is 63.1 Å². The van der Waals surface area contributed by atoms with Crippen LogP contribution in [0, 0.1) is 3.57 Å². The first-order valence-electron chi connectivity index (χ1n) is 9.17. The van der Waals surface area contributed by atoms with Crippen LogP contribution in [0.4, 0.5) is 0 Å². The van der Waals surface area contributed by atoms with E-state index >= 15 is 0 Å². The number of imidazole rings is 1. The van der Waals surface area contributed by atoms with Crippen molar-refractivity contribution < 1.29 is 4.74 Å². The lowest BCUT2D eigenvalue weighted by atomic mass is 10.0. The van der Waals surface area contributed by atoms with Gasteiger partial charge in [-0.3, -0.25) is 14.2 Å². The van der Waals surface area contributed by atoms with Crippen LogP contribution < -0.4 is 10.4 Å². The third kappa shape index (κ3) is 2.80. The topological polar surface area (TPSA) is 79.8 Å². The number of halogens is 1. The molecule has 0 fully saturated rings. The van der Waals surface area contributed by atoms with Crippen molar-refractivity contribution in [1.29, 1.82) is 0 Å². The van der Waals surface area contributed by atoms with Gasteiger partial charge in [0, 0.05) is 52.6 Å². The van der Waals surface area contributed by atoms with Crippen molar-refractivity contribution >= 4 is 44.5 Å². The summed E-state index contributed by atoms with van der Waals surface area (Å²) in [6.07, 6.45) is 7.17. The van der Waals surface area contributed by atoms with E-state index in [9.17, 15) is 4.79 Å². The molecule has 150 valence electrons. The number of benzene rings is 1. The number of rotatable bonds is 3. The quantitative estimate of drug-likeness (QED) is 0.347. The van der Waals surface area contributed by atoms with Crippen LogP contribution in [0.3, 0.4) is 0 Å². The highest BCUT2D eigenvalue weighted by molar-refractivity contribution is 14.1. The van der Waals surface area contributed by atoms with Gasteiger partial charge in [-0.2, -0.15) is 5.10 Å². The van der Waals surface area contributed by atoms with E-state index in [1.54, 1.807) is 46.6 Å². The SMILES string of the molecule is COc1cc2ncc3c(c2cc1-c1cnn(C)c1)n(-c1ccc(I)cn1)c(=O)n3C. The maximum absolute atomic E-state index is 13.1. The van der Waals surface area contributed by atoms with Crippen molar-refractivity contribution in [2.24, 2.45) is 14.1 Å². The molecule has 0 amide bonds. The van der Waals surface area contributed by atoms with Crippen LogP contribution in [0.15, 0.2) is 53.8 Å². The summed E-state index contributed by atoms with van der Waals surface area (Å²) in [4.78, 5) is 22.2. The summed E-state index contributed by atoms with van der Waals surface area (Å²) in [6.45, 7) is 0. The number of aryl methyl sites for hydroxylation is 2. The Morgan fingerprint density at radius 2 is 1.90 bits per heavy atom. The molecule has 0 N–H and O–H groups in total. The Kier molecular flexibility index (Phi) is 4.35. The van der Waals surface area contributed by atoms with Gasteiger partial charge in [0.15, 0.2) is 0 Å². The summed E-state index contributed by atoms with van der Waals surface area (Å²) in [6, 6.07) is 7.67. The predicted octanol–water partition coefficient (Wildman–Crippen LogP) is 3.29. The fourth-order valence-corrected chi connectivity index (χ4v) is 4.01. The average molecular weight is 512 g/mol. The highest BCUT2D eigenvalue weighted by Gasteiger charge is 2.19. The zero-order chi connectivity index (χ0) is 21.0. The van der Waals surface area contributed by atoms with E-state index in [4.69, 9.17) is 4.74 Å². The molecule has 0 aliphatic carbocycles. The summed E-state index contributed by atoms with van der Waals surface area (Å²) in [5.74, 6) is 1.26. The van der Waals surface area contributed by atoms with Crippen LogP contribution in [0.25, 0.3) is 38.9 Å². The molecule has 0 atom stereocenters. The second-order valence-corrected chi connectivity index (χ2v) is 8.22. The van der Waals surface area contributed by atoms with Gasteiger partial charge in [-0.1, -0.05) is 0 Å². The monoisotopic (exact) mass is 512 g/mol. The van der Waals surface area contributed by atoms with Gasteiger partial charge >= 0.3 is 5.69 Å². The molecule has 5 rings (SSSR count). The molecule has 4 aromatic heterocycles. The van der Waals surface area contributed by atoms with Crippen LogP contribution in [0.2, 0.25) is 0 Å². The molecule has 0 spiro atoms. The molecular formula is C21H17IN6O2. The first-order chi connectivity index (χ1) is 14.5. The second kappa shape index (κ2) is 6.94. The number of aromatic nitrogens is 6. The fraction of sp³-hybridized carbons (Fsp3) is 0.143. The van der Waals surface area contributed by atoms with Gasteiger partial charge in [0.05, 0.1) is 36.1 Å². The number of hydrogen-bond donors (Lipinski definition) is 0. The Hall–Kier alpha value is -3.21. The molecule has 0 saturated carbocycles. The van der Waals surface area contributed by atoms with Crippen LogP contribution >= 0.6 is 22.6 Å². The Balaban J connectivity index is 1.92. The van der Waals surface area contributed by atoms with E-state index in [1.807, 2.05) is 37.5 Å². The minimum absolute atomic E-state index is 0.174. The van der Waals surface area contributed by atoms with Gasteiger partial charge in [-0.05, 0) is 40.8 Å². The molecule has 30 heavy (non-hydrogen) atoms.